The third-order valence-corrected chi connectivity index (χ3v) is 6.79. The molecule has 3 nitrogen and oxygen atoms in total. The second-order valence-corrected chi connectivity index (χ2v) is 9.84. The van der Waals surface area contributed by atoms with Crippen molar-refractivity contribution in [3.05, 3.63) is 64.0 Å². The zero-order chi connectivity index (χ0) is 21.5. The Hall–Kier alpha value is -2.68. The van der Waals surface area contributed by atoms with E-state index in [2.05, 4.69) is 74.1 Å². The molecule has 1 aliphatic heterocycles. The highest BCUT2D eigenvalue weighted by Gasteiger charge is 2.20. The van der Waals surface area contributed by atoms with Gasteiger partial charge in [0, 0.05) is 18.1 Å². The Morgan fingerprint density at radius 3 is 2.35 bits per heavy atom. The number of H-pyrrole nitrogens is 1. The molecule has 0 atom stereocenters. The number of hydrogen-bond donors (Lipinski definition) is 1. The van der Waals surface area contributed by atoms with Crippen molar-refractivity contribution in [2.75, 3.05) is 0 Å². The molecule has 0 saturated carbocycles. The van der Waals surface area contributed by atoms with Crippen molar-refractivity contribution in [2.24, 2.45) is 10.9 Å². The predicted molar refractivity (Wildman–Crippen MR) is 132 cm³/mol. The molecule has 0 radical (unpaired) electrons. The Bertz CT molecular complexity index is 1190. The molecule has 0 amide bonds. The van der Waals surface area contributed by atoms with E-state index < -0.39 is 0 Å². The van der Waals surface area contributed by atoms with Crippen molar-refractivity contribution in [3.63, 3.8) is 0 Å². The fourth-order valence-electron chi connectivity index (χ4n) is 4.85. The molecule has 2 aliphatic carbocycles. The number of imidazole rings is 1. The van der Waals surface area contributed by atoms with Crippen LogP contribution < -0.4 is 0 Å². The van der Waals surface area contributed by atoms with Crippen molar-refractivity contribution in [3.8, 4) is 0 Å². The number of fused-ring (bicyclic) bond motifs is 4. The third kappa shape index (κ3) is 3.98. The zero-order valence-electron chi connectivity index (χ0n) is 19.3. The van der Waals surface area contributed by atoms with E-state index >= 15 is 0 Å². The van der Waals surface area contributed by atoms with Crippen LogP contribution in [-0.4, -0.2) is 15.7 Å². The Morgan fingerprint density at radius 2 is 1.61 bits per heavy atom. The highest BCUT2D eigenvalue weighted by Crippen LogP contribution is 2.34. The van der Waals surface area contributed by atoms with Crippen LogP contribution in [-0.2, 0) is 25.7 Å². The van der Waals surface area contributed by atoms with E-state index in [1.54, 1.807) is 11.1 Å². The minimum absolute atomic E-state index is 0.461. The van der Waals surface area contributed by atoms with Crippen LogP contribution in [0.1, 0.15) is 80.1 Å². The normalized spacial score (nSPS) is 16.3. The SMILES string of the molecule is CC(C)C1=Nc2cc3c(cc2C1)CCCC3.CC(C)c1nc2cc3c(cc2[nH]1)CC=C3. The minimum Gasteiger partial charge on any atom is -0.342 e. The minimum atomic E-state index is 0.461. The molecule has 0 unspecified atom stereocenters. The van der Waals surface area contributed by atoms with Crippen molar-refractivity contribution in [2.45, 2.75) is 72.1 Å². The molecule has 2 heterocycles. The molecule has 1 aromatic heterocycles. The lowest BCUT2D eigenvalue weighted by Gasteiger charge is -2.16. The lowest BCUT2D eigenvalue weighted by Crippen LogP contribution is -2.07. The third-order valence-electron chi connectivity index (χ3n) is 6.79. The van der Waals surface area contributed by atoms with Gasteiger partial charge in [0.15, 0.2) is 0 Å². The molecular weight excluding hydrogens is 378 g/mol. The quantitative estimate of drug-likeness (QED) is 0.480. The highest BCUT2D eigenvalue weighted by molar-refractivity contribution is 5.95. The Kier molecular flexibility index (Phi) is 5.29. The van der Waals surface area contributed by atoms with Crippen molar-refractivity contribution < 1.29 is 0 Å². The molecule has 3 heteroatoms. The first-order valence-electron chi connectivity index (χ1n) is 11.9. The van der Waals surface area contributed by atoms with Crippen LogP contribution in [0.2, 0.25) is 0 Å². The first-order valence-corrected chi connectivity index (χ1v) is 11.9. The summed E-state index contributed by atoms with van der Waals surface area (Å²) in [4.78, 5) is 12.8. The maximum absolute atomic E-state index is 4.78. The molecule has 160 valence electrons. The summed E-state index contributed by atoms with van der Waals surface area (Å²) in [5, 5.41) is 0. The van der Waals surface area contributed by atoms with E-state index in [4.69, 9.17) is 4.99 Å². The van der Waals surface area contributed by atoms with Crippen molar-refractivity contribution in [1.29, 1.82) is 0 Å². The Morgan fingerprint density at radius 1 is 0.839 bits per heavy atom. The van der Waals surface area contributed by atoms with Gasteiger partial charge in [0.1, 0.15) is 5.82 Å². The number of aryl methyl sites for hydroxylation is 2. The average molecular weight is 412 g/mol. The van der Waals surface area contributed by atoms with Gasteiger partial charge < -0.3 is 4.98 Å². The lowest BCUT2D eigenvalue weighted by molar-refractivity contribution is 0.685. The highest BCUT2D eigenvalue weighted by atomic mass is 14.9. The fraction of sp³-hybridized carbons (Fsp3) is 0.429. The Balaban J connectivity index is 0.000000132. The number of aromatic nitrogens is 2. The topological polar surface area (TPSA) is 41.0 Å². The number of rotatable bonds is 2. The summed E-state index contributed by atoms with van der Waals surface area (Å²) in [5.41, 5.74) is 12.2. The van der Waals surface area contributed by atoms with Gasteiger partial charge in [-0.3, -0.25) is 4.99 Å². The van der Waals surface area contributed by atoms with Gasteiger partial charge in [0.2, 0.25) is 0 Å². The van der Waals surface area contributed by atoms with Crippen LogP contribution in [0.25, 0.3) is 17.1 Å². The standard InChI is InChI=1S/C15H19N.C13H14N2/c1-10(2)14-9-13-7-11-5-3-4-6-12(11)8-15(13)16-14;1-8(2)13-14-11-6-9-4-3-5-10(9)7-12(11)15-13/h7-8,10H,3-6,9H2,1-2H3;3-4,6-8H,5H2,1-2H3,(H,14,15). The summed E-state index contributed by atoms with van der Waals surface area (Å²) in [6.07, 6.45) is 11.8. The van der Waals surface area contributed by atoms with Gasteiger partial charge >= 0.3 is 0 Å². The smallest absolute Gasteiger partial charge is 0.109 e. The molecule has 0 saturated heterocycles. The summed E-state index contributed by atoms with van der Waals surface area (Å²) in [7, 11) is 0. The van der Waals surface area contributed by atoms with E-state index in [0.717, 1.165) is 24.2 Å². The first-order chi connectivity index (χ1) is 15.0. The molecule has 0 bridgehead atoms. The molecule has 3 aliphatic rings. The monoisotopic (exact) mass is 411 g/mol. The van der Waals surface area contributed by atoms with Crippen LogP contribution in [0.4, 0.5) is 5.69 Å². The van der Waals surface area contributed by atoms with Crippen molar-refractivity contribution in [1.82, 2.24) is 9.97 Å². The maximum atomic E-state index is 4.78. The van der Waals surface area contributed by atoms with Crippen LogP contribution in [0.3, 0.4) is 0 Å². The number of aromatic amines is 1. The second kappa shape index (κ2) is 8.11. The summed E-state index contributed by atoms with van der Waals surface area (Å²) in [5.74, 6) is 2.13. The van der Waals surface area contributed by atoms with E-state index in [1.165, 1.54) is 59.3 Å². The number of nitrogens with one attached hydrogen (secondary N) is 1. The second-order valence-electron chi connectivity index (χ2n) is 9.84. The molecule has 1 N–H and O–H groups in total. The summed E-state index contributed by atoms with van der Waals surface area (Å²) in [6, 6.07) is 9.17. The van der Waals surface area contributed by atoms with Crippen LogP contribution in [0.15, 0.2) is 35.3 Å². The van der Waals surface area contributed by atoms with Crippen molar-refractivity contribution >= 4 is 28.5 Å². The van der Waals surface area contributed by atoms with Gasteiger partial charge in [-0.25, -0.2) is 4.98 Å². The largest absolute Gasteiger partial charge is 0.342 e. The van der Waals surface area contributed by atoms with E-state index in [9.17, 15) is 0 Å². The summed E-state index contributed by atoms with van der Waals surface area (Å²) < 4.78 is 0. The number of allylic oxidation sites excluding steroid dienone is 1. The fourth-order valence-corrected chi connectivity index (χ4v) is 4.85. The molecule has 6 rings (SSSR count). The van der Waals surface area contributed by atoms with Gasteiger partial charge in [0.25, 0.3) is 0 Å². The van der Waals surface area contributed by atoms with Gasteiger partial charge in [0.05, 0.1) is 16.7 Å². The van der Waals surface area contributed by atoms with Crippen LogP contribution in [0.5, 0.6) is 0 Å². The maximum Gasteiger partial charge on any atom is 0.109 e. The predicted octanol–water partition coefficient (Wildman–Crippen LogP) is 7.11. The van der Waals surface area contributed by atoms with E-state index in [1.807, 2.05) is 0 Å². The number of hydrogen-bond acceptors (Lipinski definition) is 2. The van der Waals surface area contributed by atoms with Gasteiger partial charge in [-0.2, -0.15) is 0 Å². The van der Waals surface area contributed by atoms with Gasteiger partial charge in [-0.15, -0.1) is 0 Å². The lowest BCUT2D eigenvalue weighted by atomic mass is 9.89. The molecular formula is C28H33N3. The van der Waals surface area contributed by atoms with Gasteiger partial charge in [-0.05, 0) is 84.0 Å². The van der Waals surface area contributed by atoms with E-state index in [-0.39, 0.29) is 0 Å². The first kappa shape index (κ1) is 20.2. The molecule has 0 fully saturated rings. The molecule has 0 spiro atoms. The molecule has 2 aromatic carbocycles. The summed E-state index contributed by atoms with van der Waals surface area (Å²) in [6.45, 7) is 8.80. The number of nitrogens with zero attached hydrogens (tertiary/aromatic N) is 2. The van der Waals surface area contributed by atoms with E-state index in [0.29, 0.717) is 11.8 Å². The zero-order valence-corrected chi connectivity index (χ0v) is 19.3. The molecule has 3 aromatic rings. The number of aliphatic imine (C=N–C) groups is 1. The number of benzene rings is 2. The van der Waals surface area contributed by atoms with Crippen LogP contribution >= 0.6 is 0 Å². The van der Waals surface area contributed by atoms with Crippen LogP contribution in [0, 0.1) is 5.92 Å². The average Bonchev–Trinajstić information content (AvgIpc) is 3.47. The summed E-state index contributed by atoms with van der Waals surface area (Å²) >= 11 is 0. The Labute approximate surface area is 185 Å². The molecule has 31 heavy (non-hydrogen) atoms. The van der Waals surface area contributed by atoms with Gasteiger partial charge in [-0.1, -0.05) is 45.9 Å².